The van der Waals surface area contributed by atoms with Gasteiger partial charge in [0.05, 0.1) is 6.61 Å². The fourth-order valence-corrected chi connectivity index (χ4v) is 3.78. The Hall–Kier alpha value is -1.75. The van der Waals surface area contributed by atoms with Gasteiger partial charge in [0.25, 0.3) is 0 Å². The van der Waals surface area contributed by atoms with Crippen LogP contribution < -0.4 is 15.4 Å². The summed E-state index contributed by atoms with van der Waals surface area (Å²) < 4.78 is 5.57. The van der Waals surface area contributed by atoms with E-state index in [1.807, 2.05) is 7.05 Å². The Kier molecular flexibility index (Phi) is 6.78. The fraction of sp³-hybridized carbons (Fsp3) is 0.667. The van der Waals surface area contributed by atoms with Crippen LogP contribution in [-0.2, 0) is 12.8 Å². The molecule has 5 heteroatoms. The third-order valence-corrected chi connectivity index (χ3v) is 5.69. The number of ether oxygens (including phenoxy) is 1. The van der Waals surface area contributed by atoms with Gasteiger partial charge < -0.3 is 15.4 Å². The molecule has 0 amide bonds. The van der Waals surface area contributed by atoms with Crippen molar-refractivity contribution in [2.45, 2.75) is 45.6 Å². The summed E-state index contributed by atoms with van der Waals surface area (Å²) in [5.41, 5.74) is 2.70. The van der Waals surface area contributed by atoms with Gasteiger partial charge in [-0.3, -0.25) is 9.89 Å². The van der Waals surface area contributed by atoms with Crippen LogP contribution in [0.1, 0.15) is 37.8 Å². The number of benzene rings is 1. The summed E-state index contributed by atoms with van der Waals surface area (Å²) in [7, 11) is 1.84. The summed E-state index contributed by atoms with van der Waals surface area (Å²) in [6.07, 6.45) is 4.67. The Balaban J connectivity index is 1.38. The molecule has 144 valence electrons. The van der Waals surface area contributed by atoms with Crippen LogP contribution in [0, 0.1) is 5.92 Å². The van der Waals surface area contributed by atoms with Crippen LogP contribution in [0.5, 0.6) is 5.75 Å². The summed E-state index contributed by atoms with van der Waals surface area (Å²) in [6.45, 7) is 9.75. The number of aliphatic imine (C=N–C) groups is 1. The van der Waals surface area contributed by atoms with Gasteiger partial charge >= 0.3 is 0 Å². The van der Waals surface area contributed by atoms with Gasteiger partial charge in [-0.15, -0.1) is 0 Å². The first-order chi connectivity index (χ1) is 12.7. The van der Waals surface area contributed by atoms with E-state index < -0.39 is 0 Å². The average molecular weight is 359 g/mol. The molecule has 1 fully saturated rings. The van der Waals surface area contributed by atoms with Crippen LogP contribution in [0.4, 0.5) is 0 Å². The van der Waals surface area contributed by atoms with Gasteiger partial charge in [-0.05, 0) is 62.4 Å². The molecule has 0 radical (unpaired) electrons. The molecule has 0 bridgehead atoms. The van der Waals surface area contributed by atoms with Gasteiger partial charge in [-0.25, -0.2) is 0 Å². The number of piperidine rings is 1. The third kappa shape index (κ3) is 5.13. The van der Waals surface area contributed by atoms with E-state index in [0.717, 1.165) is 50.2 Å². The van der Waals surface area contributed by atoms with Crippen LogP contribution in [0.15, 0.2) is 23.2 Å². The van der Waals surface area contributed by atoms with Gasteiger partial charge in [-0.2, -0.15) is 0 Å². The minimum atomic E-state index is 0.540. The summed E-state index contributed by atoms with van der Waals surface area (Å²) in [4.78, 5) is 6.95. The molecule has 0 aromatic heterocycles. The molecule has 2 aliphatic rings. The zero-order valence-electron chi connectivity index (χ0n) is 16.6. The maximum Gasteiger partial charge on any atom is 0.191 e. The Morgan fingerprint density at radius 3 is 2.88 bits per heavy atom. The second-order valence-corrected chi connectivity index (χ2v) is 7.74. The van der Waals surface area contributed by atoms with Crippen molar-refractivity contribution in [2.24, 2.45) is 10.9 Å². The van der Waals surface area contributed by atoms with Gasteiger partial charge in [0.2, 0.25) is 0 Å². The van der Waals surface area contributed by atoms with E-state index in [9.17, 15) is 0 Å². The lowest BCUT2D eigenvalue weighted by Crippen LogP contribution is -2.48. The molecule has 5 nitrogen and oxygen atoms in total. The van der Waals surface area contributed by atoms with Crippen molar-refractivity contribution in [1.82, 2.24) is 15.5 Å². The van der Waals surface area contributed by atoms with Gasteiger partial charge in [-0.1, -0.05) is 19.1 Å². The quantitative estimate of drug-likeness (QED) is 0.606. The van der Waals surface area contributed by atoms with Crippen LogP contribution in [0.2, 0.25) is 0 Å². The lowest BCUT2D eigenvalue weighted by Gasteiger charge is -2.35. The molecule has 26 heavy (non-hydrogen) atoms. The largest absolute Gasteiger partial charge is 0.493 e. The van der Waals surface area contributed by atoms with Crippen LogP contribution in [0.25, 0.3) is 0 Å². The molecule has 1 atom stereocenters. The van der Waals surface area contributed by atoms with Crippen molar-refractivity contribution >= 4 is 5.96 Å². The standard InChI is InChI=1S/C21H34N4O/c1-16-7-11-25(12-8-16)17(2)15-24-21(22-3)23-10-6-18-4-5-20-19(14-18)9-13-26-20/h4-5,14,16-17H,6-13,15H2,1-3H3,(H2,22,23,24). The van der Waals surface area contributed by atoms with Crippen LogP contribution in [-0.4, -0.2) is 56.7 Å². The van der Waals surface area contributed by atoms with E-state index in [-0.39, 0.29) is 0 Å². The lowest BCUT2D eigenvalue weighted by molar-refractivity contribution is 0.147. The molecule has 2 heterocycles. The number of fused-ring (bicyclic) bond motifs is 1. The number of guanidine groups is 1. The maximum absolute atomic E-state index is 5.57. The van der Waals surface area contributed by atoms with Crippen molar-refractivity contribution < 1.29 is 4.74 Å². The topological polar surface area (TPSA) is 48.9 Å². The zero-order chi connectivity index (χ0) is 18.4. The molecule has 1 unspecified atom stereocenters. The Morgan fingerprint density at radius 1 is 1.31 bits per heavy atom. The van der Waals surface area contributed by atoms with Crippen molar-refractivity contribution in [3.8, 4) is 5.75 Å². The van der Waals surface area contributed by atoms with Crippen LogP contribution in [0.3, 0.4) is 0 Å². The first kappa shape index (κ1) is 19.0. The first-order valence-electron chi connectivity index (χ1n) is 10.1. The number of nitrogens with one attached hydrogen (secondary N) is 2. The highest BCUT2D eigenvalue weighted by Crippen LogP contribution is 2.25. The molecule has 0 aliphatic carbocycles. The molecule has 3 rings (SSSR count). The van der Waals surface area contributed by atoms with Gasteiger partial charge in [0.15, 0.2) is 5.96 Å². The minimum Gasteiger partial charge on any atom is -0.493 e. The first-order valence-corrected chi connectivity index (χ1v) is 10.1. The number of rotatable bonds is 6. The Labute approximate surface area is 158 Å². The minimum absolute atomic E-state index is 0.540. The number of hydrogen-bond acceptors (Lipinski definition) is 3. The molecule has 1 aromatic carbocycles. The van der Waals surface area contributed by atoms with E-state index in [4.69, 9.17) is 4.74 Å². The summed E-state index contributed by atoms with van der Waals surface area (Å²) in [5.74, 6) is 2.83. The molecular weight excluding hydrogens is 324 g/mol. The fourth-order valence-electron chi connectivity index (χ4n) is 3.78. The Morgan fingerprint density at radius 2 is 2.12 bits per heavy atom. The van der Waals surface area contributed by atoms with E-state index in [1.54, 1.807) is 0 Å². The van der Waals surface area contributed by atoms with Gasteiger partial charge in [0, 0.05) is 32.6 Å². The van der Waals surface area contributed by atoms with Gasteiger partial charge in [0.1, 0.15) is 5.75 Å². The molecular formula is C21H34N4O. The predicted molar refractivity (Wildman–Crippen MR) is 108 cm³/mol. The Bertz CT molecular complexity index is 608. The van der Waals surface area contributed by atoms with Crippen molar-refractivity contribution in [3.05, 3.63) is 29.3 Å². The maximum atomic E-state index is 5.57. The van der Waals surface area contributed by atoms with E-state index in [0.29, 0.717) is 6.04 Å². The zero-order valence-corrected chi connectivity index (χ0v) is 16.6. The molecule has 2 N–H and O–H groups in total. The van der Waals surface area contributed by atoms with E-state index in [2.05, 4.69) is 52.6 Å². The summed E-state index contributed by atoms with van der Waals surface area (Å²) in [5, 5.41) is 6.92. The van der Waals surface area contributed by atoms with Crippen molar-refractivity contribution in [3.63, 3.8) is 0 Å². The lowest BCUT2D eigenvalue weighted by atomic mass is 9.98. The van der Waals surface area contributed by atoms with Crippen molar-refractivity contribution in [1.29, 1.82) is 0 Å². The molecule has 1 aromatic rings. The molecule has 2 aliphatic heterocycles. The van der Waals surface area contributed by atoms with Crippen LogP contribution >= 0.6 is 0 Å². The summed E-state index contributed by atoms with van der Waals surface area (Å²) >= 11 is 0. The second-order valence-electron chi connectivity index (χ2n) is 7.74. The molecule has 0 saturated carbocycles. The SMILES string of the molecule is CN=C(NCCc1ccc2c(c1)CCO2)NCC(C)N1CCC(C)CC1. The second kappa shape index (κ2) is 9.26. The van der Waals surface area contributed by atoms with E-state index in [1.165, 1.54) is 37.1 Å². The molecule has 0 spiro atoms. The number of likely N-dealkylation sites (tertiary alicyclic amines) is 1. The average Bonchev–Trinajstić information content (AvgIpc) is 3.12. The summed E-state index contributed by atoms with van der Waals surface area (Å²) in [6, 6.07) is 7.09. The molecule has 1 saturated heterocycles. The highest BCUT2D eigenvalue weighted by Gasteiger charge is 2.20. The van der Waals surface area contributed by atoms with E-state index >= 15 is 0 Å². The van der Waals surface area contributed by atoms with Crippen molar-refractivity contribution in [2.75, 3.05) is 39.8 Å². The monoisotopic (exact) mass is 358 g/mol. The number of nitrogens with zero attached hydrogens (tertiary/aromatic N) is 2. The highest BCUT2D eigenvalue weighted by atomic mass is 16.5. The predicted octanol–water partition coefficient (Wildman–Crippen LogP) is 2.45. The normalized spacial score (nSPS) is 19.7. The smallest absolute Gasteiger partial charge is 0.191 e. The number of hydrogen-bond donors (Lipinski definition) is 2. The highest BCUT2D eigenvalue weighted by molar-refractivity contribution is 5.79. The third-order valence-electron chi connectivity index (χ3n) is 5.69.